The highest BCUT2D eigenvalue weighted by molar-refractivity contribution is 7.92. The smallest absolute Gasteiger partial charge is 0.378 e. The third kappa shape index (κ3) is 5.21. The largest absolute Gasteiger partial charge is 0.416 e. The number of amides is 1. The van der Waals surface area contributed by atoms with Gasteiger partial charge in [0.1, 0.15) is 0 Å². The van der Waals surface area contributed by atoms with Gasteiger partial charge in [0.25, 0.3) is 15.9 Å². The van der Waals surface area contributed by atoms with E-state index in [9.17, 15) is 26.4 Å². The lowest BCUT2D eigenvalue weighted by Crippen LogP contribution is -2.35. The first-order valence-corrected chi connectivity index (χ1v) is 16.1. The summed E-state index contributed by atoms with van der Waals surface area (Å²) in [5.41, 5.74) is 3.29. The third-order valence-electron chi connectivity index (χ3n) is 9.37. The van der Waals surface area contributed by atoms with Crippen LogP contribution in [0.3, 0.4) is 0 Å². The summed E-state index contributed by atoms with van der Waals surface area (Å²) >= 11 is 0. The van der Waals surface area contributed by atoms with Crippen molar-refractivity contribution in [2.24, 2.45) is 17.8 Å². The Morgan fingerprint density at radius 2 is 1.57 bits per heavy atom. The Morgan fingerprint density at radius 3 is 2.32 bits per heavy atom. The highest BCUT2D eigenvalue weighted by Crippen LogP contribution is 2.63. The van der Waals surface area contributed by atoms with E-state index < -0.39 is 21.8 Å². The van der Waals surface area contributed by atoms with Crippen LogP contribution in [-0.4, -0.2) is 14.3 Å². The third-order valence-corrected chi connectivity index (χ3v) is 10.8. The molecule has 2 saturated carbocycles. The fourth-order valence-corrected chi connectivity index (χ4v) is 8.56. The zero-order chi connectivity index (χ0) is 30.6. The molecule has 3 N–H and O–H groups in total. The number of hydrogen-bond acceptors (Lipinski definition) is 4. The van der Waals surface area contributed by atoms with E-state index in [1.165, 1.54) is 60.7 Å². The number of sulfonamides is 1. The molecule has 0 unspecified atom stereocenters. The molecule has 7 rings (SSSR count). The maximum atomic E-state index is 13.3. The van der Waals surface area contributed by atoms with Gasteiger partial charge in [-0.1, -0.05) is 36.4 Å². The predicted molar refractivity (Wildman–Crippen MR) is 163 cm³/mol. The van der Waals surface area contributed by atoms with Crippen molar-refractivity contribution < 1.29 is 26.4 Å². The van der Waals surface area contributed by atoms with Crippen LogP contribution in [-0.2, 0) is 16.2 Å². The van der Waals surface area contributed by atoms with Gasteiger partial charge in [-0.15, -0.1) is 0 Å². The Balaban J connectivity index is 1.08. The minimum absolute atomic E-state index is 0.150. The van der Waals surface area contributed by atoms with E-state index >= 15 is 0 Å². The monoisotopic (exact) mass is 617 g/mol. The molecule has 226 valence electrons. The molecule has 4 aromatic carbocycles. The molecule has 10 heteroatoms. The number of rotatable bonds is 6. The summed E-state index contributed by atoms with van der Waals surface area (Å²) in [5.74, 6) is 1.81. The minimum Gasteiger partial charge on any atom is -0.378 e. The number of nitrogens with one attached hydrogen (secondary N) is 3. The molecule has 2 fully saturated rings. The first kappa shape index (κ1) is 28.5. The maximum Gasteiger partial charge on any atom is 0.416 e. The molecule has 0 saturated heterocycles. The van der Waals surface area contributed by atoms with Gasteiger partial charge in [-0.25, -0.2) is 8.42 Å². The van der Waals surface area contributed by atoms with E-state index in [1.807, 2.05) is 18.2 Å². The maximum absolute atomic E-state index is 13.3. The van der Waals surface area contributed by atoms with Crippen molar-refractivity contribution in [2.75, 3.05) is 15.4 Å². The molecule has 0 spiro atoms. The van der Waals surface area contributed by atoms with Crippen LogP contribution in [0.4, 0.5) is 30.2 Å². The van der Waals surface area contributed by atoms with Gasteiger partial charge in [-0.3, -0.25) is 9.52 Å². The molecule has 0 aromatic heterocycles. The normalized spacial score (nSPS) is 23.8. The summed E-state index contributed by atoms with van der Waals surface area (Å²) in [7, 11) is -4.16. The van der Waals surface area contributed by atoms with Crippen molar-refractivity contribution in [1.82, 2.24) is 0 Å². The standard InChI is InChI=1S/C34H30F3N3O3S/c35-34(36,37)24-7-4-8-26(19-24)40-44(42,43)27-14-12-25(13-15-27)38-33(41)23-11-16-29-28(18-23)30-21-9-10-22(17-21)31(30)32(39-29)20-5-2-1-3-6-20/h1-8,11-16,18-19,21-22,30-32,39-40H,9-10,17H2,(H,38,41)/t21-,22-,30-,31+,32-/m0/s1. The van der Waals surface area contributed by atoms with Crippen LogP contribution in [0.1, 0.15) is 58.3 Å². The van der Waals surface area contributed by atoms with Gasteiger partial charge in [-0.2, -0.15) is 13.2 Å². The SMILES string of the molecule is O=C(Nc1ccc(S(=O)(=O)Nc2cccc(C(F)(F)F)c2)cc1)c1ccc2c(c1)[C@@H]1[C@H]3CC[C@@H](C3)[C@H]1[C@H](c1ccccc1)N2. The van der Waals surface area contributed by atoms with Crippen molar-refractivity contribution >= 4 is 33.0 Å². The average Bonchev–Trinajstić information content (AvgIpc) is 3.64. The Morgan fingerprint density at radius 1 is 0.818 bits per heavy atom. The first-order chi connectivity index (χ1) is 21.1. The van der Waals surface area contributed by atoms with Gasteiger partial charge in [0, 0.05) is 22.6 Å². The molecule has 5 atom stereocenters. The number of carbonyl (C=O) groups is 1. The molecule has 1 amide bonds. The number of benzene rings is 4. The van der Waals surface area contributed by atoms with Crippen LogP contribution in [0.2, 0.25) is 0 Å². The van der Waals surface area contributed by atoms with Crippen LogP contribution >= 0.6 is 0 Å². The van der Waals surface area contributed by atoms with Crippen molar-refractivity contribution in [2.45, 2.75) is 42.3 Å². The highest BCUT2D eigenvalue weighted by Gasteiger charge is 2.53. The van der Waals surface area contributed by atoms with Crippen molar-refractivity contribution in [3.63, 3.8) is 0 Å². The zero-order valence-corrected chi connectivity index (χ0v) is 24.3. The summed E-state index contributed by atoms with van der Waals surface area (Å²) in [6.07, 6.45) is -0.929. The van der Waals surface area contributed by atoms with Crippen LogP contribution in [0.5, 0.6) is 0 Å². The van der Waals surface area contributed by atoms with Crippen LogP contribution in [0.15, 0.2) is 102 Å². The van der Waals surface area contributed by atoms with Crippen LogP contribution < -0.4 is 15.4 Å². The Bertz CT molecular complexity index is 1830. The number of hydrogen-bond donors (Lipinski definition) is 3. The second kappa shape index (κ2) is 10.7. The quantitative estimate of drug-likeness (QED) is 0.204. The molecule has 2 aliphatic carbocycles. The molecular weight excluding hydrogens is 587 g/mol. The lowest BCUT2D eigenvalue weighted by molar-refractivity contribution is -0.137. The van der Waals surface area contributed by atoms with Gasteiger partial charge < -0.3 is 10.6 Å². The Hall–Kier alpha value is -4.31. The van der Waals surface area contributed by atoms with Crippen molar-refractivity contribution in [3.05, 3.63) is 119 Å². The molecule has 44 heavy (non-hydrogen) atoms. The lowest BCUT2D eigenvalue weighted by Gasteiger charge is -2.43. The van der Waals surface area contributed by atoms with E-state index in [0.717, 1.165) is 23.9 Å². The van der Waals surface area contributed by atoms with E-state index in [-0.39, 0.29) is 22.5 Å². The molecule has 0 radical (unpaired) electrons. The van der Waals surface area contributed by atoms with E-state index in [2.05, 4.69) is 39.6 Å². The Kier molecular flexibility index (Phi) is 6.92. The second-order valence-corrected chi connectivity index (χ2v) is 13.6. The molecule has 3 aliphatic rings. The van der Waals surface area contributed by atoms with E-state index in [4.69, 9.17) is 0 Å². The number of anilines is 3. The van der Waals surface area contributed by atoms with Crippen molar-refractivity contribution in [3.8, 4) is 0 Å². The summed E-state index contributed by atoms with van der Waals surface area (Å²) in [6, 6.07) is 26.1. The molecule has 1 aliphatic heterocycles. The summed E-state index contributed by atoms with van der Waals surface area (Å²) in [5, 5.41) is 6.63. The van der Waals surface area contributed by atoms with E-state index in [0.29, 0.717) is 34.9 Å². The van der Waals surface area contributed by atoms with Gasteiger partial charge in [-0.05, 0) is 115 Å². The number of halogens is 3. The number of alkyl halides is 3. The minimum atomic E-state index is -4.60. The Labute approximate surface area is 253 Å². The summed E-state index contributed by atoms with van der Waals surface area (Å²) < 4.78 is 66.9. The topological polar surface area (TPSA) is 87.3 Å². The molecule has 6 nitrogen and oxygen atoms in total. The lowest BCUT2D eigenvalue weighted by atomic mass is 9.68. The average molecular weight is 618 g/mol. The van der Waals surface area contributed by atoms with Gasteiger partial charge in [0.05, 0.1) is 16.5 Å². The first-order valence-electron chi connectivity index (χ1n) is 14.6. The second-order valence-electron chi connectivity index (χ2n) is 11.9. The molecule has 4 aromatic rings. The van der Waals surface area contributed by atoms with Crippen LogP contribution in [0.25, 0.3) is 0 Å². The highest BCUT2D eigenvalue weighted by atomic mass is 32.2. The van der Waals surface area contributed by atoms with Crippen molar-refractivity contribution in [1.29, 1.82) is 0 Å². The predicted octanol–water partition coefficient (Wildman–Crippen LogP) is 8.06. The number of carbonyl (C=O) groups excluding carboxylic acids is 1. The van der Waals surface area contributed by atoms with E-state index in [1.54, 1.807) is 6.07 Å². The molecule has 2 bridgehead atoms. The molecule has 1 heterocycles. The van der Waals surface area contributed by atoms with Crippen LogP contribution in [0, 0.1) is 17.8 Å². The van der Waals surface area contributed by atoms with Gasteiger partial charge in [0.15, 0.2) is 0 Å². The fraction of sp³-hybridized carbons (Fsp3) is 0.265. The van der Waals surface area contributed by atoms with Gasteiger partial charge in [0.2, 0.25) is 0 Å². The molecular formula is C34H30F3N3O3S. The zero-order valence-electron chi connectivity index (χ0n) is 23.5. The number of fused-ring (bicyclic) bond motifs is 7. The van der Waals surface area contributed by atoms with Gasteiger partial charge >= 0.3 is 6.18 Å². The summed E-state index contributed by atoms with van der Waals surface area (Å²) in [4.78, 5) is 13.2. The fourth-order valence-electron chi connectivity index (χ4n) is 7.51. The summed E-state index contributed by atoms with van der Waals surface area (Å²) in [6.45, 7) is 0.